The first-order valence-corrected chi connectivity index (χ1v) is 11.5. The first-order valence-electron chi connectivity index (χ1n) is 9.23. The monoisotopic (exact) mass is 455 g/mol. The van der Waals surface area contributed by atoms with Crippen molar-refractivity contribution in [3.05, 3.63) is 101 Å². The topological polar surface area (TPSA) is 61.8 Å². The molecule has 1 N–H and O–H groups in total. The van der Waals surface area contributed by atoms with Crippen molar-refractivity contribution in [1.82, 2.24) is 9.73 Å². The van der Waals surface area contributed by atoms with E-state index < -0.39 is 10.0 Å². The van der Waals surface area contributed by atoms with Crippen LogP contribution in [0.4, 0.5) is 0 Å². The van der Waals surface area contributed by atoms with E-state index in [-0.39, 0.29) is 15.9 Å². The Hall–Kier alpha value is -2.74. The highest BCUT2D eigenvalue weighted by Gasteiger charge is 2.32. The predicted molar refractivity (Wildman–Crippen MR) is 123 cm³/mol. The van der Waals surface area contributed by atoms with Crippen molar-refractivity contribution in [3.63, 3.8) is 0 Å². The molecule has 152 valence electrons. The first-order chi connectivity index (χ1) is 14.4. The lowest BCUT2D eigenvalue weighted by Crippen LogP contribution is -2.39. The number of sulfonamides is 1. The molecule has 0 spiro atoms. The Kier molecular flexibility index (Phi) is 5.85. The zero-order chi connectivity index (χ0) is 21.1. The van der Waals surface area contributed by atoms with Crippen molar-refractivity contribution in [1.29, 1.82) is 0 Å². The summed E-state index contributed by atoms with van der Waals surface area (Å²) in [7, 11) is -3.79. The molecule has 0 saturated heterocycles. The van der Waals surface area contributed by atoms with Crippen molar-refractivity contribution in [3.8, 4) is 0 Å². The fraction of sp³-hybridized carbons (Fsp3) is 0.0909. The molecule has 5 nitrogen and oxygen atoms in total. The van der Waals surface area contributed by atoms with Crippen molar-refractivity contribution in [2.75, 3.05) is 6.54 Å². The third-order valence-electron chi connectivity index (χ3n) is 4.77. The zero-order valence-electron chi connectivity index (χ0n) is 15.8. The van der Waals surface area contributed by atoms with E-state index >= 15 is 0 Å². The Balaban J connectivity index is 1.64. The molecule has 1 atom stereocenters. The SMILES string of the molecule is O=S(=O)(NC(=S)N1CC(c2ccccc2)C(c2ccc(Cl)cc2)=N1)c1ccccc1. The summed E-state index contributed by atoms with van der Waals surface area (Å²) in [5.74, 6) is -0.0634. The summed E-state index contributed by atoms with van der Waals surface area (Å²) in [5.41, 5.74) is 2.78. The lowest BCUT2D eigenvalue weighted by atomic mass is 9.91. The molecule has 1 heterocycles. The lowest BCUT2D eigenvalue weighted by molar-refractivity contribution is 0.472. The number of rotatable bonds is 4. The van der Waals surface area contributed by atoms with Crippen LogP contribution in [0.15, 0.2) is 94.9 Å². The number of thiocarbonyl (C=S) groups is 1. The van der Waals surface area contributed by atoms with E-state index in [2.05, 4.69) is 9.82 Å². The zero-order valence-corrected chi connectivity index (χ0v) is 18.2. The number of nitrogens with one attached hydrogen (secondary N) is 1. The van der Waals surface area contributed by atoms with E-state index in [0.29, 0.717) is 11.6 Å². The van der Waals surface area contributed by atoms with Gasteiger partial charge >= 0.3 is 0 Å². The third kappa shape index (κ3) is 4.38. The van der Waals surface area contributed by atoms with E-state index in [1.807, 2.05) is 42.5 Å². The molecular formula is C22H18ClN3O2S2. The van der Waals surface area contributed by atoms with Gasteiger partial charge < -0.3 is 0 Å². The lowest BCUT2D eigenvalue weighted by Gasteiger charge is -2.18. The molecule has 3 aromatic carbocycles. The van der Waals surface area contributed by atoms with Crippen LogP contribution in [0.2, 0.25) is 5.02 Å². The fourth-order valence-corrected chi connectivity index (χ4v) is 4.82. The van der Waals surface area contributed by atoms with Crippen LogP contribution >= 0.6 is 23.8 Å². The molecule has 0 aromatic heterocycles. The molecule has 4 rings (SSSR count). The minimum absolute atomic E-state index is 0.0312. The van der Waals surface area contributed by atoms with Gasteiger partial charge in [-0.1, -0.05) is 72.3 Å². The van der Waals surface area contributed by atoms with E-state index in [9.17, 15) is 8.42 Å². The van der Waals surface area contributed by atoms with Crippen molar-refractivity contribution < 1.29 is 8.42 Å². The van der Waals surface area contributed by atoms with E-state index in [4.69, 9.17) is 23.8 Å². The van der Waals surface area contributed by atoms with Gasteiger partial charge in [0.25, 0.3) is 10.0 Å². The maximum atomic E-state index is 12.7. The van der Waals surface area contributed by atoms with Crippen molar-refractivity contribution in [2.45, 2.75) is 10.8 Å². The second-order valence-corrected chi connectivity index (χ2v) is 9.27. The van der Waals surface area contributed by atoms with Gasteiger partial charge in [0.05, 0.1) is 17.2 Å². The quantitative estimate of drug-likeness (QED) is 0.592. The molecule has 8 heteroatoms. The summed E-state index contributed by atoms with van der Waals surface area (Å²) < 4.78 is 27.8. The molecule has 0 radical (unpaired) electrons. The highest BCUT2D eigenvalue weighted by Crippen LogP contribution is 2.29. The van der Waals surface area contributed by atoms with Gasteiger partial charge in [0, 0.05) is 10.9 Å². The molecule has 0 aliphatic carbocycles. The summed E-state index contributed by atoms with van der Waals surface area (Å²) in [6.45, 7) is 0.429. The normalized spacial score (nSPS) is 16.2. The van der Waals surface area contributed by atoms with Gasteiger partial charge in [-0.15, -0.1) is 0 Å². The summed E-state index contributed by atoms with van der Waals surface area (Å²) in [5, 5.41) is 6.85. The smallest absolute Gasteiger partial charge is 0.254 e. The summed E-state index contributed by atoms with van der Waals surface area (Å²) in [6.07, 6.45) is 0. The van der Waals surface area contributed by atoms with Crippen LogP contribution in [-0.2, 0) is 10.0 Å². The number of hydrogen-bond acceptors (Lipinski definition) is 4. The van der Waals surface area contributed by atoms with Crippen molar-refractivity contribution in [2.24, 2.45) is 5.10 Å². The van der Waals surface area contributed by atoms with Crippen molar-refractivity contribution >= 4 is 44.7 Å². The van der Waals surface area contributed by atoms with Gasteiger partial charge in [0.2, 0.25) is 5.11 Å². The minimum atomic E-state index is -3.79. The largest absolute Gasteiger partial charge is 0.263 e. The standard InChI is InChI=1S/C22H18ClN3O2S2/c23-18-13-11-17(12-14-18)21-20(16-7-3-1-4-8-16)15-26(24-21)22(29)25-30(27,28)19-9-5-2-6-10-19/h1-14,20H,15H2,(H,25,29). The number of benzene rings is 3. The van der Waals surface area contributed by atoms with Gasteiger partial charge in [-0.3, -0.25) is 4.72 Å². The van der Waals surface area contributed by atoms with Gasteiger partial charge in [-0.05, 0) is 47.6 Å². The average molecular weight is 456 g/mol. The molecule has 1 aliphatic heterocycles. The summed E-state index contributed by atoms with van der Waals surface area (Å²) in [4.78, 5) is 0.146. The van der Waals surface area contributed by atoms with Crippen LogP contribution in [0.25, 0.3) is 0 Å². The Morgan fingerprint density at radius 3 is 2.20 bits per heavy atom. The Labute approximate surface area is 186 Å². The Morgan fingerprint density at radius 2 is 1.57 bits per heavy atom. The van der Waals surface area contributed by atoms with Gasteiger partial charge in [-0.25, -0.2) is 13.4 Å². The van der Waals surface area contributed by atoms with Crippen LogP contribution in [0.3, 0.4) is 0 Å². The number of hydrazone groups is 1. The van der Waals surface area contributed by atoms with Crippen LogP contribution in [0, 0.1) is 0 Å². The Bertz CT molecular complexity index is 1180. The van der Waals surface area contributed by atoms with E-state index in [1.54, 1.807) is 30.3 Å². The highest BCUT2D eigenvalue weighted by molar-refractivity contribution is 7.91. The van der Waals surface area contributed by atoms with Crippen LogP contribution < -0.4 is 4.72 Å². The molecular weight excluding hydrogens is 438 g/mol. The maximum Gasteiger partial charge on any atom is 0.263 e. The molecule has 1 aliphatic rings. The van der Waals surface area contributed by atoms with Crippen LogP contribution in [0.5, 0.6) is 0 Å². The molecule has 0 saturated carbocycles. The first kappa shape index (κ1) is 20.5. The molecule has 1 unspecified atom stereocenters. The maximum absolute atomic E-state index is 12.7. The Morgan fingerprint density at radius 1 is 0.967 bits per heavy atom. The van der Waals surface area contributed by atoms with Gasteiger partial charge in [0.1, 0.15) is 0 Å². The molecule has 0 bridgehead atoms. The van der Waals surface area contributed by atoms with E-state index in [0.717, 1.165) is 16.8 Å². The second-order valence-electron chi connectivity index (χ2n) is 6.76. The van der Waals surface area contributed by atoms with Crippen LogP contribution in [-0.4, -0.2) is 30.8 Å². The predicted octanol–water partition coefficient (Wildman–Crippen LogP) is 4.41. The summed E-state index contributed by atoms with van der Waals surface area (Å²) >= 11 is 11.4. The number of halogens is 1. The highest BCUT2D eigenvalue weighted by atomic mass is 35.5. The minimum Gasteiger partial charge on any atom is -0.254 e. The van der Waals surface area contributed by atoms with Crippen LogP contribution in [0.1, 0.15) is 17.0 Å². The molecule has 0 fully saturated rings. The summed E-state index contributed by atoms with van der Waals surface area (Å²) in [6, 6.07) is 25.5. The van der Waals surface area contributed by atoms with Gasteiger partial charge in [-0.2, -0.15) is 5.10 Å². The number of nitrogens with zero attached hydrogens (tertiary/aromatic N) is 2. The third-order valence-corrected chi connectivity index (χ3v) is 6.81. The molecule has 30 heavy (non-hydrogen) atoms. The number of hydrogen-bond donors (Lipinski definition) is 1. The average Bonchev–Trinajstić information content (AvgIpc) is 3.21. The molecule has 0 amide bonds. The van der Waals surface area contributed by atoms with Gasteiger partial charge in [0.15, 0.2) is 0 Å². The second kappa shape index (κ2) is 8.55. The molecule has 3 aromatic rings. The fourth-order valence-electron chi connectivity index (χ4n) is 3.28. The van der Waals surface area contributed by atoms with E-state index in [1.165, 1.54) is 17.1 Å².